The Morgan fingerprint density at radius 2 is 2.00 bits per heavy atom. The standard InChI is InChI=1S/C10H13BrFN/c1-13-7-10(12)6-8-2-4-9(11)5-3-8/h2-5,10,13H,6-7H2,1H3. The molecule has 0 aromatic heterocycles. The third kappa shape index (κ3) is 3.87. The molecular formula is C10H13BrFN. The molecule has 0 aliphatic heterocycles. The molecule has 0 heterocycles. The van der Waals surface area contributed by atoms with Crippen molar-refractivity contribution in [3.63, 3.8) is 0 Å². The summed E-state index contributed by atoms with van der Waals surface area (Å²) < 4.78 is 14.1. The largest absolute Gasteiger partial charge is 0.317 e. The van der Waals surface area contributed by atoms with Crippen LogP contribution in [0.3, 0.4) is 0 Å². The second-order valence-electron chi connectivity index (χ2n) is 2.99. The minimum absolute atomic E-state index is 0.413. The summed E-state index contributed by atoms with van der Waals surface area (Å²) in [5, 5.41) is 2.81. The summed E-state index contributed by atoms with van der Waals surface area (Å²) in [5.74, 6) is 0. The lowest BCUT2D eigenvalue weighted by Gasteiger charge is -2.06. The van der Waals surface area contributed by atoms with E-state index in [9.17, 15) is 4.39 Å². The number of benzene rings is 1. The van der Waals surface area contributed by atoms with Gasteiger partial charge in [-0.1, -0.05) is 28.1 Å². The van der Waals surface area contributed by atoms with Gasteiger partial charge in [0.2, 0.25) is 0 Å². The quantitative estimate of drug-likeness (QED) is 0.860. The molecule has 0 radical (unpaired) electrons. The van der Waals surface area contributed by atoms with E-state index in [4.69, 9.17) is 0 Å². The molecule has 0 aliphatic carbocycles. The predicted molar refractivity (Wildman–Crippen MR) is 56.7 cm³/mol. The third-order valence-electron chi connectivity index (χ3n) is 1.80. The maximum atomic E-state index is 13.1. The SMILES string of the molecule is CNCC(F)Cc1ccc(Br)cc1. The highest BCUT2D eigenvalue weighted by molar-refractivity contribution is 9.10. The lowest BCUT2D eigenvalue weighted by molar-refractivity contribution is 0.324. The molecule has 1 unspecified atom stereocenters. The fourth-order valence-corrected chi connectivity index (χ4v) is 1.43. The van der Waals surface area contributed by atoms with E-state index in [1.54, 1.807) is 7.05 Å². The molecule has 0 saturated heterocycles. The first-order valence-electron chi connectivity index (χ1n) is 4.25. The van der Waals surface area contributed by atoms with Crippen LogP contribution in [0.4, 0.5) is 4.39 Å². The molecule has 1 rings (SSSR count). The molecule has 0 bridgehead atoms. The molecule has 3 heteroatoms. The van der Waals surface area contributed by atoms with Crippen molar-refractivity contribution in [1.29, 1.82) is 0 Å². The van der Waals surface area contributed by atoms with Gasteiger partial charge in [-0.15, -0.1) is 0 Å². The topological polar surface area (TPSA) is 12.0 Å². The molecule has 0 spiro atoms. The van der Waals surface area contributed by atoms with Gasteiger partial charge in [0.05, 0.1) is 0 Å². The summed E-state index contributed by atoms with van der Waals surface area (Å²) in [4.78, 5) is 0. The Labute approximate surface area is 86.5 Å². The fraction of sp³-hybridized carbons (Fsp3) is 0.400. The lowest BCUT2D eigenvalue weighted by atomic mass is 10.1. The van der Waals surface area contributed by atoms with Crippen LogP contribution in [0.2, 0.25) is 0 Å². The van der Waals surface area contributed by atoms with Gasteiger partial charge in [-0.05, 0) is 24.7 Å². The molecule has 1 aromatic rings. The first-order chi connectivity index (χ1) is 6.22. The van der Waals surface area contributed by atoms with Crippen molar-refractivity contribution in [2.45, 2.75) is 12.6 Å². The Morgan fingerprint density at radius 3 is 2.54 bits per heavy atom. The molecule has 0 amide bonds. The maximum Gasteiger partial charge on any atom is 0.116 e. The van der Waals surface area contributed by atoms with E-state index in [1.807, 2.05) is 24.3 Å². The van der Waals surface area contributed by atoms with Gasteiger partial charge in [0.15, 0.2) is 0 Å². The molecule has 1 nitrogen and oxygen atoms in total. The van der Waals surface area contributed by atoms with Crippen LogP contribution in [0.5, 0.6) is 0 Å². The van der Waals surface area contributed by atoms with Crippen molar-refractivity contribution in [3.05, 3.63) is 34.3 Å². The molecule has 0 fully saturated rings. The van der Waals surface area contributed by atoms with Crippen LogP contribution in [0.15, 0.2) is 28.7 Å². The van der Waals surface area contributed by atoms with Crippen LogP contribution in [-0.2, 0) is 6.42 Å². The fourth-order valence-electron chi connectivity index (χ4n) is 1.17. The highest BCUT2D eigenvalue weighted by Crippen LogP contribution is 2.12. The van der Waals surface area contributed by atoms with Gasteiger partial charge < -0.3 is 5.32 Å². The molecular weight excluding hydrogens is 233 g/mol. The summed E-state index contributed by atoms with van der Waals surface area (Å²) in [7, 11) is 1.76. The molecule has 1 atom stereocenters. The Kier molecular flexibility index (Phi) is 4.39. The molecule has 72 valence electrons. The Bertz CT molecular complexity index is 248. The Morgan fingerprint density at radius 1 is 1.38 bits per heavy atom. The van der Waals surface area contributed by atoms with E-state index < -0.39 is 6.17 Å². The van der Waals surface area contributed by atoms with Gasteiger partial charge in [-0.25, -0.2) is 4.39 Å². The normalized spacial score (nSPS) is 12.8. The predicted octanol–water partition coefficient (Wildman–Crippen LogP) is 2.55. The zero-order valence-corrected chi connectivity index (χ0v) is 9.14. The lowest BCUT2D eigenvalue weighted by Crippen LogP contribution is -2.21. The van der Waals surface area contributed by atoms with E-state index in [2.05, 4.69) is 21.2 Å². The smallest absolute Gasteiger partial charge is 0.116 e. The van der Waals surface area contributed by atoms with Crippen LogP contribution >= 0.6 is 15.9 Å². The van der Waals surface area contributed by atoms with E-state index in [-0.39, 0.29) is 0 Å². The van der Waals surface area contributed by atoms with Crippen molar-refractivity contribution in [3.8, 4) is 0 Å². The van der Waals surface area contributed by atoms with E-state index in [0.717, 1.165) is 10.0 Å². The number of halogens is 2. The molecule has 1 N–H and O–H groups in total. The van der Waals surface area contributed by atoms with Gasteiger partial charge in [-0.2, -0.15) is 0 Å². The average molecular weight is 246 g/mol. The van der Waals surface area contributed by atoms with Crippen molar-refractivity contribution in [2.24, 2.45) is 0 Å². The highest BCUT2D eigenvalue weighted by atomic mass is 79.9. The number of hydrogen-bond acceptors (Lipinski definition) is 1. The van der Waals surface area contributed by atoms with E-state index in [1.165, 1.54) is 0 Å². The van der Waals surface area contributed by atoms with Gasteiger partial charge >= 0.3 is 0 Å². The third-order valence-corrected chi connectivity index (χ3v) is 2.32. The van der Waals surface area contributed by atoms with Crippen molar-refractivity contribution < 1.29 is 4.39 Å². The van der Waals surface area contributed by atoms with Crippen molar-refractivity contribution in [2.75, 3.05) is 13.6 Å². The molecule has 1 aromatic carbocycles. The summed E-state index contributed by atoms with van der Waals surface area (Å²) in [6.45, 7) is 0.413. The summed E-state index contributed by atoms with van der Waals surface area (Å²) in [6, 6.07) is 7.74. The molecule has 13 heavy (non-hydrogen) atoms. The maximum absolute atomic E-state index is 13.1. The monoisotopic (exact) mass is 245 g/mol. The molecule has 0 saturated carbocycles. The van der Waals surface area contributed by atoms with Crippen LogP contribution in [0, 0.1) is 0 Å². The Hall–Kier alpha value is -0.410. The second kappa shape index (κ2) is 5.35. The Balaban J connectivity index is 2.49. The highest BCUT2D eigenvalue weighted by Gasteiger charge is 2.05. The van der Waals surface area contributed by atoms with Gasteiger partial charge in [-0.3, -0.25) is 0 Å². The van der Waals surface area contributed by atoms with Gasteiger partial charge in [0, 0.05) is 17.4 Å². The van der Waals surface area contributed by atoms with Gasteiger partial charge in [0.25, 0.3) is 0 Å². The number of hydrogen-bond donors (Lipinski definition) is 1. The first-order valence-corrected chi connectivity index (χ1v) is 5.05. The van der Waals surface area contributed by atoms with Crippen molar-refractivity contribution >= 4 is 15.9 Å². The summed E-state index contributed by atoms with van der Waals surface area (Å²) in [6.07, 6.45) is -0.320. The summed E-state index contributed by atoms with van der Waals surface area (Å²) in [5.41, 5.74) is 1.03. The second-order valence-corrected chi connectivity index (χ2v) is 3.90. The van der Waals surface area contributed by atoms with Crippen LogP contribution in [0.1, 0.15) is 5.56 Å². The summed E-state index contributed by atoms with van der Waals surface area (Å²) >= 11 is 3.34. The number of nitrogens with one attached hydrogen (secondary N) is 1. The van der Waals surface area contributed by atoms with E-state index >= 15 is 0 Å². The minimum atomic E-state index is -0.800. The van der Waals surface area contributed by atoms with Crippen LogP contribution in [-0.4, -0.2) is 19.8 Å². The average Bonchev–Trinajstić information content (AvgIpc) is 2.09. The van der Waals surface area contributed by atoms with Crippen LogP contribution < -0.4 is 5.32 Å². The van der Waals surface area contributed by atoms with Crippen LogP contribution in [0.25, 0.3) is 0 Å². The molecule has 0 aliphatic rings. The zero-order valence-electron chi connectivity index (χ0n) is 7.56. The van der Waals surface area contributed by atoms with Gasteiger partial charge in [0.1, 0.15) is 6.17 Å². The number of rotatable bonds is 4. The zero-order chi connectivity index (χ0) is 9.68. The minimum Gasteiger partial charge on any atom is -0.317 e. The van der Waals surface area contributed by atoms with Crippen molar-refractivity contribution in [1.82, 2.24) is 5.32 Å². The van der Waals surface area contributed by atoms with E-state index in [0.29, 0.717) is 13.0 Å². The first kappa shape index (κ1) is 10.7. The number of alkyl halides is 1.